The van der Waals surface area contributed by atoms with Crippen LogP contribution in [-0.4, -0.2) is 10.9 Å². The normalized spacial score (nSPS) is 11.6. The molecular formula is C15H15N3OS. The van der Waals surface area contributed by atoms with Gasteiger partial charge in [0.05, 0.1) is 0 Å². The second-order valence-corrected chi connectivity index (χ2v) is 4.65. The molecule has 0 amide bonds. The fourth-order valence-corrected chi connectivity index (χ4v) is 1.92. The van der Waals surface area contributed by atoms with E-state index in [9.17, 15) is 4.79 Å². The average Bonchev–Trinajstić information content (AvgIpc) is 2.49. The van der Waals surface area contributed by atoms with Gasteiger partial charge < -0.3 is 5.73 Å². The molecule has 0 aliphatic rings. The standard InChI is InChI=1S/C15H15N3OS/c16-15(20)18-17-13(11-7-3-1-4-8-11)14(19)12-9-5-2-6-10-12/h1-10,13,17H,(H3,16,18,20). The molecule has 1 atom stereocenters. The molecule has 2 aromatic carbocycles. The number of ketones is 1. The lowest BCUT2D eigenvalue weighted by Gasteiger charge is -2.18. The summed E-state index contributed by atoms with van der Waals surface area (Å²) in [5, 5.41) is 0.0896. The molecule has 4 N–H and O–H groups in total. The fourth-order valence-electron chi connectivity index (χ4n) is 1.86. The van der Waals surface area contributed by atoms with Crippen LogP contribution in [0.5, 0.6) is 0 Å². The quantitative estimate of drug-likeness (QED) is 0.445. The van der Waals surface area contributed by atoms with Gasteiger partial charge in [-0.1, -0.05) is 60.7 Å². The Morgan fingerprint density at radius 1 is 1.00 bits per heavy atom. The van der Waals surface area contributed by atoms with Crippen molar-refractivity contribution < 1.29 is 4.79 Å². The van der Waals surface area contributed by atoms with E-state index in [1.807, 2.05) is 48.5 Å². The Labute approximate surface area is 123 Å². The van der Waals surface area contributed by atoms with E-state index in [1.54, 1.807) is 12.1 Å². The maximum absolute atomic E-state index is 12.6. The summed E-state index contributed by atoms with van der Waals surface area (Å²) in [5.41, 5.74) is 12.4. The largest absolute Gasteiger partial charge is 0.375 e. The third-order valence-electron chi connectivity index (χ3n) is 2.79. The summed E-state index contributed by atoms with van der Waals surface area (Å²) in [4.78, 5) is 12.6. The van der Waals surface area contributed by atoms with Crippen molar-refractivity contribution in [1.29, 1.82) is 0 Å². The molecule has 0 aromatic heterocycles. The molecule has 102 valence electrons. The molecule has 0 bridgehead atoms. The fraction of sp³-hybridized carbons (Fsp3) is 0.0667. The first kappa shape index (κ1) is 14.2. The molecule has 0 radical (unpaired) electrons. The number of nitrogens with two attached hydrogens (primary N) is 1. The van der Waals surface area contributed by atoms with Gasteiger partial charge in [0, 0.05) is 5.56 Å². The smallest absolute Gasteiger partial charge is 0.186 e. The first-order valence-corrected chi connectivity index (χ1v) is 6.54. The number of Topliss-reactive ketones (excluding diaryl/α,β-unsaturated/α-hetero) is 1. The maximum Gasteiger partial charge on any atom is 0.186 e. The number of carbonyl (C=O) groups excluding carboxylic acids is 1. The van der Waals surface area contributed by atoms with Crippen molar-refractivity contribution in [2.75, 3.05) is 0 Å². The molecule has 0 fully saturated rings. The van der Waals surface area contributed by atoms with Gasteiger partial charge in [0.25, 0.3) is 0 Å². The van der Waals surface area contributed by atoms with E-state index in [0.29, 0.717) is 5.56 Å². The Morgan fingerprint density at radius 3 is 2.10 bits per heavy atom. The van der Waals surface area contributed by atoms with Crippen LogP contribution in [0.3, 0.4) is 0 Å². The van der Waals surface area contributed by atoms with Crippen LogP contribution in [0.25, 0.3) is 0 Å². The van der Waals surface area contributed by atoms with E-state index < -0.39 is 6.04 Å². The summed E-state index contributed by atoms with van der Waals surface area (Å²) in [5.74, 6) is -0.0550. The second-order valence-electron chi connectivity index (χ2n) is 4.21. The van der Waals surface area contributed by atoms with Crippen LogP contribution in [0.2, 0.25) is 0 Å². The van der Waals surface area contributed by atoms with E-state index in [2.05, 4.69) is 10.9 Å². The molecule has 0 saturated heterocycles. The van der Waals surface area contributed by atoms with Gasteiger partial charge in [-0.05, 0) is 17.8 Å². The molecule has 4 nitrogen and oxygen atoms in total. The minimum atomic E-state index is -0.555. The average molecular weight is 285 g/mol. The Balaban J connectivity index is 2.27. The van der Waals surface area contributed by atoms with E-state index in [1.165, 1.54) is 0 Å². The minimum Gasteiger partial charge on any atom is -0.375 e. The maximum atomic E-state index is 12.6. The molecule has 0 aliphatic heterocycles. The molecule has 2 rings (SSSR count). The Morgan fingerprint density at radius 2 is 1.55 bits per heavy atom. The van der Waals surface area contributed by atoms with E-state index in [0.717, 1.165) is 5.56 Å². The van der Waals surface area contributed by atoms with Gasteiger partial charge in [-0.25, -0.2) is 5.43 Å². The zero-order valence-electron chi connectivity index (χ0n) is 10.7. The number of rotatable bonds is 5. The molecule has 0 saturated carbocycles. The summed E-state index contributed by atoms with van der Waals surface area (Å²) in [6, 6.07) is 17.9. The second kappa shape index (κ2) is 6.79. The van der Waals surface area contributed by atoms with Crippen LogP contribution in [0, 0.1) is 0 Å². The van der Waals surface area contributed by atoms with Crippen molar-refractivity contribution in [2.24, 2.45) is 5.73 Å². The van der Waals surface area contributed by atoms with Gasteiger partial charge in [-0.15, -0.1) is 0 Å². The molecule has 0 heterocycles. The molecular weight excluding hydrogens is 270 g/mol. The zero-order valence-corrected chi connectivity index (χ0v) is 11.6. The van der Waals surface area contributed by atoms with Gasteiger partial charge in [0.1, 0.15) is 6.04 Å². The van der Waals surface area contributed by atoms with Crippen LogP contribution >= 0.6 is 12.2 Å². The van der Waals surface area contributed by atoms with Crippen LogP contribution in [0.4, 0.5) is 0 Å². The highest BCUT2D eigenvalue weighted by Gasteiger charge is 2.21. The van der Waals surface area contributed by atoms with Gasteiger partial charge in [-0.3, -0.25) is 10.2 Å². The lowest BCUT2D eigenvalue weighted by Crippen LogP contribution is -2.45. The summed E-state index contributed by atoms with van der Waals surface area (Å²) < 4.78 is 0. The van der Waals surface area contributed by atoms with Crippen molar-refractivity contribution in [3.05, 3.63) is 71.8 Å². The SMILES string of the molecule is NC(=S)NNC(C(=O)c1ccccc1)c1ccccc1. The third-order valence-corrected chi connectivity index (χ3v) is 2.90. The van der Waals surface area contributed by atoms with Crippen molar-refractivity contribution in [2.45, 2.75) is 6.04 Å². The highest BCUT2D eigenvalue weighted by molar-refractivity contribution is 7.80. The molecule has 0 aliphatic carbocycles. The Hall–Kier alpha value is -2.24. The van der Waals surface area contributed by atoms with E-state index in [-0.39, 0.29) is 10.9 Å². The summed E-state index contributed by atoms with van der Waals surface area (Å²) in [6.07, 6.45) is 0. The summed E-state index contributed by atoms with van der Waals surface area (Å²) in [6.45, 7) is 0. The van der Waals surface area contributed by atoms with Gasteiger partial charge in [0.15, 0.2) is 10.9 Å². The van der Waals surface area contributed by atoms with Crippen LogP contribution in [0.1, 0.15) is 22.0 Å². The van der Waals surface area contributed by atoms with E-state index >= 15 is 0 Å². The first-order chi connectivity index (χ1) is 9.68. The monoisotopic (exact) mass is 285 g/mol. The lowest BCUT2D eigenvalue weighted by atomic mass is 9.98. The van der Waals surface area contributed by atoms with Crippen molar-refractivity contribution in [3.8, 4) is 0 Å². The minimum absolute atomic E-state index is 0.0550. The Kier molecular flexibility index (Phi) is 4.81. The lowest BCUT2D eigenvalue weighted by molar-refractivity contribution is 0.0939. The van der Waals surface area contributed by atoms with Gasteiger partial charge in [-0.2, -0.15) is 0 Å². The number of hydrogen-bond donors (Lipinski definition) is 3. The first-order valence-electron chi connectivity index (χ1n) is 6.13. The third kappa shape index (κ3) is 3.63. The van der Waals surface area contributed by atoms with Crippen molar-refractivity contribution in [1.82, 2.24) is 10.9 Å². The molecule has 0 spiro atoms. The number of hydrazine groups is 1. The summed E-state index contributed by atoms with van der Waals surface area (Å²) >= 11 is 4.76. The predicted octanol–water partition coefficient (Wildman–Crippen LogP) is 1.95. The van der Waals surface area contributed by atoms with E-state index in [4.69, 9.17) is 18.0 Å². The number of nitrogens with one attached hydrogen (secondary N) is 2. The van der Waals surface area contributed by atoms with Crippen molar-refractivity contribution >= 4 is 23.1 Å². The van der Waals surface area contributed by atoms with Gasteiger partial charge in [0.2, 0.25) is 0 Å². The molecule has 20 heavy (non-hydrogen) atoms. The number of thiocarbonyl (C=S) groups is 1. The zero-order chi connectivity index (χ0) is 14.4. The molecule has 2 aromatic rings. The van der Waals surface area contributed by atoms with Crippen LogP contribution in [-0.2, 0) is 0 Å². The number of benzene rings is 2. The van der Waals surface area contributed by atoms with Gasteiger partial charge >= 0.3 is 0 Å². The number of hydrogen-bond acceptors (Lipinski definition) is 3. The summed E-state index contributed by atoms with van der Waals surface area (Å²) in [7, 11) is 0. The highest BCUT2D eigenvalue weighted by atomic mass is 32.1. The number of carbonyl (C=O) groups is 1. The topological polar surface area (TPSA) is 67.2 Å². The molecule has 5 heteroatoms. The predicted molar refractivity (Wildman–Crippen MR) is 83.0 cm³/mol. The highest BCUT2D eigenvalue weighted by Crippen LogP contribution is 2.17. The molecule has 1 unspecified atom stereocenters. The van der Waals surface area contributed by atoms with Crippen LogP contribution < -0.4 is 16.6 Å². The van der Waals surface area contributed by atoms with Crippen LogP contribution in [0.15, 0.2) is 60.7 Å². The Bertz CT molecular complexity index is 587. The van der Waals surface area contributed by atoms with Crippen molar-refractivity contribution in [3.63, 3.8) is 0 Å².